The molecule has 21 heavy (non-hydrogen) atoms. The van der Waals surface area contributed by atoms with Gasteiger partial charge in [0.2, 0.25) is 0 Å². The first-order valence-corrected chi connectivity index (χ1v) is 6.74. The largest absolute Gasteiger partial charge is 0.456 e. The first kappa shape index (κ1) is 15.0. The molecule has 0 spiro atoms. The Morgan fingerprint density at radius 3 is 2.48 bits per heavy atom. The number of amidine groups is 1. The second kappa shape index (κ2) is 5.92. The van der Waals surface area contributed by atoms with Crippen LogP contribution in [0.25, 0.3) is 0 Å². The summed E-state index contributed by atoms with van der Waals surface area (Å²) in [7, 11) is 0. The van der Waals surface area contributed by atoms with Crippen LogP contribution >= 0.6 is 15.9 Å². The summed E-state index contributed by atoms with van der Waals surface area (Å²) in [5, 5.41) is 18.1. The Bertz CT molecular complexity index is 670. The van der Waals surface area contributed by atoms with Crippen LogP contribution in [0, 0.1) is 22.4 Å². The van der Waals surface area contributed by atoms with Gasteiger partial charge in [-0.25, -0.2) is 0 Å². The van der Waals surface area contributed by atoms with Crippen molar-refractivity contribution in [1.82, 2.24) is 0 Å². The highest BCUT2D eigenvalue weighted by atomic mass is 79.9. The number of hydrogen-bond donors (Lipinski definition) is 2. The molecule has 0 aliphatic rings. The molecule has 0 bridgehead atoms. The van der Waals surface area contributed by atoms with Gasteiger partial charge >= 0.3 is 0 Å². The number of halogens is 1. The summed E-state index contributed by atoms with van der Waals surface area (Å²) >= 11 is 3.35. The molecule has 0 saturated carbocycles. The minimum atomic E-state index is -0.450. The number of non-ortho nitro benzene ring substituents is 1. The van der Waals surface area contributed by atoms with Gasteiger partial charge in [0.25, 0.3) is 5.69 Å². The Hall–Kier alpha value is -2.41. The van der Waals surface area contributed by atoms with Crippen LogP contribution in [0.1, 0.15) is 11.1 Å². The van der Waals surface area contributed by atoms with Gasteiger partial charge < -0.3 is 10.5 Å². The number of nitrogens with one attached hydrogen (secondary N) is 1. The molecule has 108 valence electrons. The summed E-state index contributed by atoms with van der Waals surface area (Å²) in [6, 6.07) is 9.43. The molecular weight excluding hydrogens is 338 g/mol. The lowest BCUT2D eigenvalue weighted by molar-refractivity contribution is -0.384. The predicted octanol–water partition coefficient (Wildman–Crippen LogP) is 3.74. The minimum absolute atomic E-state index is 0.0193. The number of nitrogens with two attached hydrogens (primary N) is 1. The number of ether oxygens (including phenoxy) is 1. The maximum atomic E-state index is 10.7. The maximum Gasteiger partial charge on any atom is 0.269 e. The van der Waals surface area contributed by atoms with E-state index in [0.29, 0.717) is 27.1 Å². The number of hydrogen-bond acceptors (Lipinski definition) is 4. The van der Waals surface area contributed by atoms with Gasteiger partial charge in [0, 0.05) is 17.7 Å². The van der Waals surface area contributed by atoms with Crippen molar-refractivity contribution in [3.63, 3.8) is 0 Å². The number of benzene rings is 2. The molecule has 0 saturated heterocycles. The van der Waals surface area contributed by atoms with Crippen LogP contribution in [0.5, 0.6) is 11.5 Å². The van der Waals surface area contributed by atoms with E-state index in [1.807, 2.05) is 0 Å². The van der Waals surface area contributed by atoms with Gasteiger partial charge in [-0.15, -0.1) is 0 Å². The van der Waals surface area contributed by atoms with E-state index in [9.17, 15) is 10.1 Å². The van der Waals surface area contributed by atoms with Gasteiger partial charge in [-0.3, -0.25) is 15.5 Å². The Morgan fingerprint density at radius 1 is 1.29 bits per heavy atom. The van der Waals surface area contributed by atoms with Gasteiger partial charge in [0.15, 0.2) is 0 Å². The minimum Gasteiger partial charge on any atom is -0.456 e. The van der Waals surface area contributed by atoms with E-state index in [2.05, 4.69) is 15.9 Å². The third-order valence-corrected chi connectivity index (χ3v) is 3.45. The zero-order valence-corrected chi connectivity index (χ0v) is 12.7. The topological polar surface area (TPSA) is 102 Å². The molecule has 0 aliphatic heterocycles. The summed E-state index contributed by atoms with van der Waals surface area (Å²) in [5.74, 6) is 1.03. The van der Waals surface area contributed by atoms with Crippen molar-refractivity contribution in [2.45, 2.75) is 6.92 Å². The van der Waals surface area contributed by atoms with Crippen molar-refractivity contribution in [3.8, 4) is 11.5 Å². The Morgan fingerprint density at radius 2 is 1.95 bits per heavy atom. The number of nitro benzene ring substituents is 1. The van der Waals surface area contributed by atoms with Crippen molar-refractivity contribution in [2.24, 2.45) is 5.73 Å². The molecule has 0 amide bonds. The highest BCUT2D eigenvalue weighted by Gasteiger charge is 2.11. The van der Waals surface area contributed by atoms with Gasteiger partial charge in [-0.1, -0.05) is 0 Å². The Kier molecular flexibility index (Phi) is 4.23. The van der Waals surface area contributed by atoms with Crippen molar-refractivity contribution in [3.05, 3.63) is 62.1 Å². The van der Waals surface area contributed by atoms with Crippen molar-refractivity contribution < 1.29 is 9.66 Å². The molecule has 2 rings (SSSR count). The first-order chi connectivity index (χ1) is 9.88. The number of nitrogens with zero attached hydrogens (tertiary/aromatic N) is 1. The van der Waals surface area contributed by atoms with E-state index in [-0.39, 0.29) is 11.5 Å². The van der Waals surface area contributed by atoms with Crippen molar-refractivity contribution >= 4 is 27.5 Å². The molecule has 0 atom stereocenters. The highest BCUT2D eigenvalue weighted by molar-refractivity contribution is 9.10. The summed E-state index contributed by atoms with van der Waals surface area (Å²) in [5.41, 5.74) is 6.67. The molecule has 2 aromatic carbocycles. The van der Waals surface area contributed by atoms with Crippen LogP contribution < -0.4 is 10.5 Å². The van der Waals surface area contributed by atoms with Gasteiger partial charge in [0.05, 0.1) is 9.40 Å². The normalized spacial score (nSPS) is 10.2. The van der Waals surface area contributed by atoms with Crippen molar-refractivity contribution in [2.75, 3.05) is 0 Å². The van der Waals surface area contributed by atoms with E-state index in [4.69, 9.17) is 15.9 Å². The molecule has 0 unspecified atom stereocenters. The number of aryl methyl sites for hydroxylation is 1. The van der Waals surface area contributed by atoms with Crippen LogP contribution in [0.3, 0.4) is 0 Å². The van der Waals surface area contributed by atoms with Crippen LogP contribution in [0.15, 0.2) is 40.9 Å². The second-order valence-electron chi connectivity index (χ2n) is 4.37. The fraction of sp³-hybridized carbons (Fsp3) is 0.0714. The maximum absolute atomic E-state index is 10.7. The molecule has 3 N–H and O–H groups in total. The lowest BCUT2D eigenvalue weighted by Gasteiger charge is -2.11. The molecular formula is C14H12BrN3O3. The number of nitrogen functional groups attached to an aromatic ring is 1. The highest BCUT2D eigenvalue weighted by Crippen LogP contribution is 2.33. The fourth-order valence-electron chi connectivity index (χ4n) is 1.73. The smallest absolute Gasteiger partial charge is 0.269 e. The third-order valence-electron chi connectivity index (χ3n) is 2.83. The summed E-state index contributed by atoms with van der Waals surface area (Å²) < 4.78 is 6.37. The van der Waals surface area contributed by atoms with E-state index < -0.39 is 4.92 Å². The van der Waals surface area contributed by atoms with Gasteiger partial charge in [0.1, 0.15) is 17.3 Å². The van der Waals surface area contributed by atoms with Crippen molar-refractivity contribution in [1.29, 1.82) is 5.41 Å². The van der Waals surface area contributed by atoms with Crippen LogP contribution in [-0.4, -0.2) is 10.8 Å². The van der Waals surface area contributed by atoms with Crippen LogP contribution in [0.2, 0.25) is 0 Å². The predicted molar refractivity (Wildman–Crippen MR) is 83.1 cm³/mol. The molecule has 2 aromatic rings. The molecule has 0 heterocycles. The molecule has 0 radical (unpaired) electrons. The zero-order chi connectivity index (χ0) is 15.6. The summed E-state index contributed by atoms with van der Waals surface area (Å²) in [6.07, 6.45) is 0. The lowest BCUT2D eigenvalue weighted by Crippen LogP contribution is -2.10. The number of rotatable bonds is 4. The quantitative estimate of drug-likeness (QED) is 0.379. The molecule has 7 heteroatoms. The molecule has 0 aromatic heterocycles. The summed E-state index contributed by atoms with van der Waals surface area (Å²) in [6.45, 7) is 1.74. The Balaban J connectivity index is 2.30. The fourth-order valence-corrected chi connectivity index (χ4v) is 2.19. The van der Waals surface area contributed by atoms with Gasteiger partial charge in [-0.05, 0) is 52.7 Å². The number of nitro groups is 1. The monoisotopic (exact) mass is 349 g/mol. The average Bonchev–Trinajstić information content (AvgIpc) is 2.42. The van der Waals surface area contributed by atoms with Crippen LogP contribution in [-0.2, 0) is 0 Å². The van der Waals surface area contributed by atoms with Gasteiger partial charge in [-0.2, -0.15) is 0 Å². The van der Waals surface area contributed by atoms with Crippen LogP contribution in [0.4, 0.5) is 5.69 Å². The van der Waals surface area contributed by atoms with E-state index >= 15 is 0 Å². The lowest BCUT2D eigenvalue weighted by atomic mass is 10.2. The van der Waals surface area contributed by atoms with E-state index in [0.717, 1.165) is 0 Å². The standard InChI is InChI=1S/C14H12BrN3O3/c1-8-6-10(18(19)20)3-5-12(8)21-13-4-2-9(14(16)17)7-11(13)15/h2-7H,1H3,(H3,16,17). The molecule has 6 nitrogen and oxygen atoms in total. The molecule has 0 aliphatic carbocycles. The average molecular weight is 350 g/mol. The summed E-state index contributed by atoms with van der Waals surface area (Å²) in [4.78, 5) is 10.3. The Labute approximate surface area is 129 Å². The molecule has 0 fully saturated rings. The SMILES string of the molecule is Cc1cc([N+](=O)[O-])ccc1Oc1ccc(C(=N)N)cc1Br. The van der Waals surface area contributed by atoms with E-state index in [1.165, 1.54) is 12.1 Å². The zero-order valence-electron chi connectivity index (χ0n) is 11.1. The first-order valence-electron chi connectivity index (χ1n) is 5.95. The second-order valence-corrected chi connectivity index (χ2v) is 5.22. The van der Waals surface area contributed by atoms with E-state index in [1.54, 1.807) is 31.2 Å². The third kappa shape index (κ3) is 3.38.